The maximum absolute atomic E-state index is 9.69. The maximum atomic E-state index is 9.69. The summed E-state index contributed by atoms with van der Waals surface area (Å²) in [5.74, 6) is 0. The van der Waals surface area contributed by atoms with Crippen LogP contribution in [0.3, 0.4) is 0 Å². The van der Waals surface area contributed by atoms with E-state index >= 15 is 0 Å². The molecule has 0 saturated heterocycles. The number of likely N-dealkylation sites (N-methyl/N-ethyl adjacent to an activating group) is 1. The van der Waals surface area contributed by atoms with Crippen molar-refractivity contribution < 1.29 is 5.11 Å². The lowest BCUT2D eigenvalue weighted by atomic mass is 9.79. The van der Waals surface area contributed by atoms with E-state index in [0.717, 1.165) is 32.1 Å². The number of aryl methyl sites for hydroxylation is 2. The van der Waals surface area contributed by atoms with Gasteiger partial charge in [-0.15, -0.1) is 0 Å². The molecule has 0 bridgehead atoms. The van der Waals surface area contributed by atoms with Gasteiger partial charge in [0.05, 0.1) is 18.3 Å². The van der Waals surface area contributed by atoms with Crippen molar-refractivity contribution in [3.05, 3.63) is 17.5 Å². The Kier molecular flexibility index (Phi) is 4.63. The average molecular weight is 265 g/mol. The molecule has 2 unspecified atom stereocenters. The Morgan fingerprint density at radius 3 is 2.84 bits per heavy atom. The Morgan fingerprint density at radius 1 is 1.47 bits per heavy atom. The molecular formula is C15H27N3O. The Balaban J connectivity index is 2.23. The highest BCUT2D eigenvalue weighted by Gasteiger charge is 2.36. The van der Waals surface area contributed by atoms with Crippen molar-refractivity contribution in [2.45, 2.75) is 64.0 Å². The van der Waals surface area contributed by atoms with Gasteiger partial charge in [0.15, 0.2) is 0 Å². The fraction of sp³-hybridized carbons (Fsp3) is 0.800. The predicted molar refractivity (Wildman–Crippen MR) is 77.4 cm³/mol. The molecule has 0 amide bonds. The van der Waals surface area contributed by atoms with Crippen LogP contribution in [-0.2, 0) is 12.8 Å². The highest BCUT2D eigenvalue weighted by Crippen LogP contribution is 2.35. The lowest BCUT2D eigenvalue weighted by Gasteiger charge is -2.40. The number of nitrogens with zero attached hydrogens (tertiary/aromatic N) is 2. The first-order chi connectivity index (χ1) is 9.18. The second-order valence-corrected chi connectivity index (χ2v) is 5.72. The topological polar surface area (TPSA) is 50.1 Å². The summed E-state index contributed by atoms with van der Waals surface area (Å²) in [5.41, 5.74) is 2.39. The summed E-state index contributed by atoms with van der Waals surface area (Å²) in [6, 6.07) is 2.65. The number of aliphatic hydroxyl groups is 1. The van der Waals surface area contributed by atoms with Crippen molar-refractivity contribution in [2.24, 2.45) is 0 Å². The zero-order valence-electron chi connectivity index (χ0n) is 12.4. The fourth-order valence-electron chi connectivity index (χ4n) is 3.23. The van der Waals surface area contributed by atoms with Crippen molar-refractivity contribution >= 4 is 0 Å². The third-order valence-electron chi connectivity index (χ3n) is 4.59. The molecule has 1 aliphatic rings. The summed E-state index contributed by atoms with van der Waals surface area (Å²) in [6.07, 6.45) is 6.36. The van der Waals surface area contributed by atoms with Crippen LogP contribution in [0.15, 0.2) is 6.07 Å². The van der Waals surface area contributed by atoms with Gasteiger partial charge < -0.3 is 10.4 Å². The largest absolute Gasteiger partial charge is 0.394 e. The van der Waals surface area contributed by atoms with Gasteiger partial charge in [-0.25, -0.2) is 0 Å². The minimum Gasteiger partial charge on any atom is -0.394 e. The maximum Gasteiger partial charge on any atom is 0.0624 e. The van der Waals surface area contributed by atoms with Crippen molar-refractivity contribution in [3.8, 4) is 0 Å². The number of aromatic nitrogens is 2. The van der Waals surface area contributed by atoms with Crippen LogP contribution in [0.1, 0.15) is 57.0 Å². The molecule has 0 aromatic carbocycles. The van der Waals surface area contributed by atoms with Gasteiger partial charge in [-0.05, 0) is 51.6 Å². The third-order valence-corrected chi connectivity index (χ3v) is 4.59. The van der Waals surface area contributed by atoms with Crippen molar-refractivity contribution in [1.29, 1.82) is 0 Å². The summed E-state index contributed by atoms with van der Waals surface area (Å²) < 4.78 is 2.22. The van der Waals surface area contributed by atoms with Gasteiger partial charge in [0.2, 0.25) is 0 Å². The molecule has 1 heterocycles. The van der Waals surface area contributed by atoms with Crippen LogP contribution in [-0.4, -0.2) is 34.1 Å². The van der Waals surface area contributed by atoms with E-state index in [0.29, 0.717) is 6.04 Å². The molecule has 1 saturated carbocycles. The van der Waals surface area contributed by atoms with Gasteiger partial charge in [0.1, 0.15) is 0 Å². The molecule has 0 spiro atoms. The minimum absolute atomic E-state index is 0.119. The number of hydrogen-bond donors (Lipinski definition) is 2. The molecule has 19 heavy (non-hydrogen) atoms. The summed E-state index contributed by atoms with van der Waals surface area (Å²) in [5, 5.41) is 17.8. The molecular weight excluding hydrogens is 238 g/mol. The first-order valence-corrected chi connectivity index (χ1v) is 7.55. The van der Waals surface area contributed by atoms with E-state index in [4.69, 9.17) is 5.10 Å². The molecule has 4 heteroatoms. The van der Waals surface area contributed by atoms with E-state index in [-0.39, 0.29) is 12.1 Å². The van der Waals surface area contributed by atoms with E-state index in [1.807, 2.05) is 7.05 Å². The first-order valence-electron chi connectivity index (χ1n) is 7.55. The van der Waals surface area contributed by atoms with Gasteiger partial charge in [-0.1, -0.05) is 13.8 Å². The van der Waals surface area contributed by atoms with Crippen LogP contribution in [0.4, 0.5) is 0 Å². The molecule has 2 N–H and O–H groups in total. The molecule has 1 fully saturated rings. The SMILES string of the molecule is CCc1cc(CC)n(C2CCCC(CO)(NC)C2)n1. The highest BCUT2D eigenvalue weighted by atomic mass is 16.3. The second-order valence-electron chi connectivity index (χ2n) is 5.72. The Labute approximate surface area is 116 Å². The monoisotopic (exact) mass is 265 g/mol. The number of nitrogens with one attached hydrogen (secondary N) is 1. The number of rotatable bonds is 5. The van der Waals surface area contributed by atoms with Crippen LogP contribution < -0.4 is 5.32 Å². The lowest BCUT2D eigenvalue weighted by molar-refractivity contribution is 0.100. The van der Waals surface area contributed by atoms with Gasteiger partial charge >= 0.3 is 0 Å². The standard InChI is InChI=1S/C15H27N3O/c1-4-12-9-13(5-2)18(17-12)14-7-6-8-15(10-14,11-19)16-3/h9,14,16,19H,4-8,10-11H2,1-3H3. The van der Waals surface area contributed by atoms with E-state index < -0.39 is 0 Å². The molecule has 1 aromatic rings. The Hall–Kier alpha value is -0.870. The van der Waals surface area contributed by atoms with Gasteiger partial charge in [-0.3, -0.25) is 4.68 Å². The molecule has 0 radical (unpaired) electrons. The van der Waals surface area contributed by atoms with Crippen LogP contribution in [0, 0.1) is 0 Å². The van der Waals surface area contributed by atoms with Crippen molar-refractivity contribution in [1.82, 2.24) is 15.1 Å². The van der Waals surface area contributed by atoms with Crippen molar-refractivity contribution in [2.75, 3.05) is 13.7 Å². The summed E-state index contributed by atoms with van der Waals surface area (Å²) >= 11 is 0. The van der Waals surface area contributed by atoms with Crippen LogP contribution in [0.25, 0.3) is 0 Å². The normalized spacial score (nSPS) is 27.7. The Bertz CT molecular complexity index is 410. The Morgan fingerprint density at radius 2 is 2.26 bits per heavy atom. The average Bonchev–Trinajstić information content (AvgIpc) is 2.90. The molecule has 0 aliphatic heterocycles. The molecule has 2 rings (SSSR count). The van der Waals surface area contributed by atoms with Gasteiger partial charge in [0.25, 0.3) is 0 Å². The smallest absolute Gasteiger partial charge is 0.0624 e. The van der Waals surface area contributed by atoms with E-state index in [1.165, 1.54) is 17.8 Å². The fourth-order valence-corrected chi connectivity index (χ4v) is 3.23. The predicted octanol–water partition coefficient (Wildman–Crippen LogP) is 2.07. The number of hydrogen-bond acceptors (Lipinski definition) is 3. The first kappa shape index (κ1) is 14.5. The van der Waals surface area contributed by atoms with Crippen LogP contribution in [0.5, 0.6) is 0 Å². The molecule has 1 aliphatic carbocycles. The summed E-state index contributed by atoms with van der Waals surface area (Å²) in [7, 11) is 1.96. The quantitative estimate of drug-likeness (QED) is 0.857. The van der Waals surface area contributed by atoms with E-state index in [9.17, 15) is 5.11 Å². The summed E-state index contributed by atoms with van der Waals surface area (Å²) in [4.78, 5) is 0. The van der Waals surface area contributed by atoms with Crippen molar-refractivity contribution in [3.63, 3.8) is 0 Å². The third kappa shape index (κ3) is 2.84. The molecule has 108 valence electrons. The van der Waals surface area contributed by atoms with E-state index in [2.05, 4.69) is 29.9 Å². The lowest BCUT2D eigenvalue weighted by Crippen LogP contribution is -2.50. The van der Waals surface area contributed by atoms with Gasteiger partial charge in [0, 0.05) is 11.2 Å². The second kappa shape index (κ2) is 6.06. The minimum atomic E-state index is -0.119. The van der Waals surface area contributed by atoms with Crippen LogP contribution >= 0.6 is 0 Å². The summed E-state index contributed by atoms with van der Waals surface area (Å²) in [6.45, 7) is 4.55. The molecule has 2 atom stereocenters. The highest BCUT2D eigenvalue weighted by molar-refractivity contribution is 5.12. The zero-order valence-corrected chi connectivity index (χ0v) is 12.4. The number of aliphatic hydroxyl groups excluding tert-OH is 1. The van der Waals surface area contributed by atoms with Gasteiger partial charge in [-0.2, -0.15) is 5.10 Å². The zero-order chi connectivity index (χ0) is 13.9. The van der Waals surface area contributed by atoms with Crippen LogP contribution in [0.2, 0.25) is 0 Å². The van der Waals surface area contributed by atoms with E-state index in [1.54, 1.807) is 0 Å². The molecule has 1 aromatic heterocycles. The molecule has 4 nitrogen and oxygen atoms in total.